The maximum Gasteiger partial charge on any atom is 0.275 e. The number of aryl methyl sites for hydroxylation is 1. The number of hydrogen-bond acceptors (Lipinski definition) is 3. The molecule has 0 fully saturated rings. The quantitative estimate of drug-likeness (QED) is 0.879. The second kappa shape index (κ2) is 5.97. The number of aliphatic imine (C=N–C) groups is 1. The number of amides is 1. The molecule has 0 saturated carbocycles. The van der Waals surface area contributed by atoms with Crippen LogP contribution in [0.2, 0.25) is 5.02 Å². The highest BCUT2D eigenvalue weighted by molar-refractivity contribution is 6.30. The topological polar surface area (TPSA) is 54.6 Å². The van der Waals surface area contributed by atoms with Crippen molar-refractivity contribution in [3.63, 3.8) is 0 Å². The lowest BCUT2D eigenvalue weighted by Gasteiger charge is -1.97. The van der Waals surface area contributed by atoms with E-state index in [1.54, 1.807) is 24.5 Å². The highest BCUT2D eigenvalue weighted by Crippen LogP contribution is 2.16. The molecule has 106 valence electrons. The number of nitrogens with zero attached hydrogens (tertiary/aromatic N) is 1. The number of amidine groups is 1. The Labute approximate surface area is 127 Å². The smallest absolute Gasteiger partial charge is 0.275 e. The van der Waals surface area contributed by atoms with E-state index in [1.807, 2.05) is 24.3 Å². The Morgan fingerprint density at radius 1 is 1.19 bits per heavy atom. The standard InChI is InChI=1S/C16H13ClN2O2/c17-12-5-3-11(4-6-12)10-14-16(20)19-15(18-14)8-7-13-2-1-9-21-13/h1-6,9-10H,7-8H2,(H,18,19,20)/b14-10+. The van der Waals surface area contributed by atoms with E-state index in [4.69, 9.17) is 16.0 Å². The number of nitrogens with one attached hydrogen (secondary N) is 1. The molecule has 1 N–H and O–H groups in total. The summed E-state index contributed by atoms with van der Waals surface area (Å²) in [5.41, 5.74) is 1.30. The van der Waals surface area contributed by atoms with Crippen molar-refractivity contribution in [3.05, 3.63) is 64.7 Å². The molecule has 21 heavy (non-hydrogen) atoms. The van der Waals surface area contributed by atoms with Gasteiger partial charge >= 0.3 is 0 Å². The summed E-state index contributed by atoms with van der Waals surface area (Å²) < 4.78 is 5.26. The fraction of sp³-hybridized carbons (Fsp3) is 0.125. The average Bonchev–Trinajstić information content (AvgIpc) is 3.10. The minimum Gasteiger partial charge on any atom is -0.469 e. The first kappa shape index (κ1) is 13.6. The molecule has 2 heterocycles. The number of hydrogen-bond donors (Lipinski definition) is 1. The Kier molecular flexibility index (Phi) is 3.88. The Morgan fingerprint density at radius 3 is 2.71 bits per heavy atom. The van der Waals surface area contributed by atoms with Gasteiger partial charge in [0.05, 0.1) is 6.26 Å². The summed E-state index contributed by atoms with van der Waals surface area (Å²) in [4.78, 5) is 16.2. The van der Waals surface area contributed by atoms with Gasteiger partial charge in [0.1, 0.15) is 17.3 Å². The summed E-state index contributed by atoms with van der Waals surface area (Å²) in [5, 5.41) is 3.44. The van der Waals surface area contributed by atoms with Gasteiger partial charge < -0.3 is 9.73 Å². The van der Waals surface area contributed by atoms with E-state index < -0.39 is 0 Å². The van der Waals surface area contributed by atoms with Crippen molar-refractivity contribution in [2.75, 3.05) is 0 Å². The number of benzene rings is 1. The minimum atomic E-state index is -0.181. The molecule has 1 aliphatic rings. The second-order valence-electron chi connectivity index (χ2n) is 4.67. The van der Waals surface area contributed by atoms with Crippen molar-refractivity contribution in [2.45, 2.75) is 12.8 Å². The van der Waals surface area contributed by atoms with Crippen LogP contribution in [0.4, 0.5) is 0 Å². The van der Waals surface area contributed by atoms with Gasteiger partial charge in [0.25, 0.3) is 5.91 Å². The molecule has 3 rings (SSSR count). The maximum absolute atomic E-state index is 11.9. The molecule has 1 amide bonds. The third-order valence-electron chi connectivity index (χ3n) is 3.11. The van der Waals surface area contributed by atoms with Gasteiger partial charge in [0, 0.05) is 17.9 Å². The molecule has 4 nitrogen and oxygen atoms in total. The molecule has 5 heteroatoms. The van der Waals surface area contributed by atoms with Crippen LogP contribution in [-0.2, 0) is 11.2 Å². The Hall–Kier alpha value is -2.33. The highest BCUT2D eigenvalue weighted by Gasteiger charge is 2.19. The van der Waals surface area contributed by atoms with Crippen LogP contribution >= 0.6 is 11.6 Å². The van der Waals surface area contributed by atoms with E-state index in [9.17, 15) is 4.79 Å². The van der Waals surface area contributed by atoms with Crippen LogP contribution in [-0.4, -0.2) is 11.7 Å². The van der Waals surface area contributed by atoms with Crippen LogP contribution < -0.4 is 5.32 Å². The van der Waals surface area contributed by atoms with E-state index in [1.165, 1.54) is 0 Å². The van der Waals surface area contributed by atoms with E-state index in [0.29, 0.717) is 29.4 Å². The lowest BCUT2D eigenvalue weighted by atomic mass is 10.2. The third kappa shape index (κ3) is 3.41. The number of rotatable bonds is 4. The molecule has 1 aromatic carbocycles. The molecule has 0 spiro atoms. The molecular formula is C16H13ClN2O2. The van der Waals surface area contributed by atoms with Crippen molar-refractivity contribution < 1.29 is 9.21 Å². The Morgan fingerprint density at radius 2 is 2.00 bits per heavy atom. The summed E-state index contributed by atoms with van der Waals surface area (Å²) in [7, 11) is 0. The molecule has 0 bridgehead atoms. The molecule has 1 aliphatic heterocycles. The number of furan rings is 1. The van der Waals surface area contributed by atoms with Crippen LogP contribution in [0.15, 0.2) is 57.8 Å². The molecule has 0 radical (unpaired) electrons. The van der Waals surface area contributed by atoms with E-state index in [-0.39, 0.29) is 5.91 Å². The minimum absolute atomic E-state index is 0.181. The lowest BCUT2D eigenvalue weighted by Crippen LogP contribution is -2.24. The molecule has 0 aliphatic carbocycles. The van der Waals surface area contributed by atoms with Crippen LogP contribution in [0.25, 0.3) is 6.08 Å². The number of carbonyl (C=O) groups excluding carboxylic acids is 1. The number of halogens is 1. The van der Waals surface area contributed by atoms with Gasteiger partial charge in [-0.2, -0.15) is 0 Å². The van der Waals surface area contributed by atoms with Crippen LogP contribution in [0.1, 0.15) is 17.7 Å². The number of carbonyl (C=O) groups is 1. The first-order chi connectivity index (χ1) is 10.2. The monoisotopic (exact) mass is 300 g/mol. The van der Waals surface area contributed by atoms with Gasteiger partial charge in [-0.25, -0.2) is 4.99 Å². The van der Waals surface area contributed by atoms with E-state index >= 15 is 0 Å². The SMILES string of the molecule is O=C1NC(CCc2ccco2)=N/C1=C/c1ccc(Cl)cc1. The van der Waals surface area contributed by atoms with Crippen molar-refractivity contribution in [2.24, 2.45) is 4.99 Å². The van der Waals surface area contributed by atoms with Gasteiger partial charge in [0.2, 0.25) is 0 Å². The van der Waals surface area contributed by atoms with Crippen molar-refractivity contribution in [1.82, 2.24) is 5.32 Å². The van der Waals surface area contributed by atoms with Gasteiger partial charge in [0.15, 0.2) is 0 Å². The van der Waals surface area contributed by atoms with Crippen LogP contribution in [0, 0.1) is 0 Å². The van der Waals surface area contributed by atoms with Gasteiger partial charge in [-0.1, -0.05) is 23.7 Å². The zero-order valence-electron chi connectivity index (χ0n) is 11.2. The summed E-state index contributed by atoms with van der Waals surface area (Å²) >= 11 is 5.83. The summed E-state index contributed by atoms with van der Waals surface area (Å²) in [5.74, 6) is 1.36. The molecule has 0 saturated heterocycles. The molecule has 1 aromatic heterocycles. The van der Waals surface area contributed by atoms with E-state index in [0.717, 1.165) is 11.3 Å². The average molecular weight is 301 g/mol. The van der Waals surface area contributed by atoms with Crippen molar-refractivity contribution >= 4 is 29.4 Å². The van der Waals surface area contributed by atoms with Crippen molar-refractivity contribution in [3.8, 4) is 0 Å². The van der Waals surface area contributed by atoms with E-state index in [2.05, 4.69) is 10.3 Å². The highest BCUT2D eigenvalue weighted by atomic mass is 35.5. The molecule has 0 atom stereocenters. The fourth-order valence-electron chi connectivity index (χ4n) is 2.05. The fourth-order valence-corrected chi connectivity index (χ4v) is 2.17. The van der Waals surface area contributed by atoms with Crippen LogP contribution in [0.3, 0.4) is 0 Å². The summed E-state index contributed by atoms with van der Waals surface area (Å²) in [6, 6.07) is 11.0. The van der Waals surface area contributed by atoms with Gasteiger partial charge in [-0.3, -0.25) is 4.79 Å². The Balaban J connectivity index is 1.71. The van der Waals surface area contributed by atoms with Crippen LogP contribution in [0.5, 0.6) is 0 Å². The second-order valence-corrected chi connectivity index (χ2v) is 5.11. The molecule has 0 unspecified atom stereocenters. The predicted molar refractivity (Wildman–Crippen MR) is 82.0 cm³/mol. The lowest BCUT2D eigenvalue weighted by molar-refractivity contribution is -0.115. The zero-order valence-corrected chi connectivity index (χ0v) is 11.9. The normalized spacial score (nSPS) is 16.1. The zero-order chi connectivity index (χ0) is 14.7. The predicted octanol–water partition coefficient (Wildman–Crippen LogP) is 3.44. The molecular weight excluding hydrogens is 288 g/mol. The third-order valence-corrected chi connectivity index (χ3v) is 3.36. The Bertz CT molecular complexity index is 700. The summed E-state index contributed by atoms with van der Waals surface area (Å²) in [6.07, 6.45) is 4.72. The van der Waals surface area contributed by atoms with Gasteiger partial charge in [-0.05, 0) is 35.9 Å². The van der Waals surface area contributed by atoms with Gasteiger partial charge in [-0.15, -0.1) is 0 Å². The molecule has 2 aromatic rings. The summed E-state index contributed by atoms with van der Waals surface area (Å²) in [6.45, 7) is 0. The first-order valence-electron chi connectivity index (χ1n) is 6.59. The maximum atomic E-state index is 11.9. The largest absolute Gasteiger partial charge is 0.469 e. The van der Waals surface area contributed by atoms with Crippen molar-refractivity contribution in [1.29, 1.82) is 0 Å². The first-order valence-corrected chi connectivity index (χ1v) is 6.97.